The molecule has 0 bridgehead atoms. The average Bonchev–Trinajstić information content (AvgIpc) is 3.09. The van der Waals surface area contributed by atoms with E-state index in [9.17, 15) is 9.18 Å². The molecule has 2 unspecified atom stereocenters. The van der Waals surface area contributed by atoms with Gasteiger partial charge in [-0.15, -0.1) is 0 Å². The maximum atomic E-state index is 13.2. The molecule has 6 heteroatoms. The maximum absolute atomic E-state index is 13.2. The fraction of sp³-hybridized carbons (Fsp3) is 0.278. The SMILES string of the molecule is COc1ccc(C2NNCC2C(=O)NCc2cccc(F)c2)cc1. The third-order valence-corrected chi connectivity index (χ3v) is 4.15. The number of methoxy groups -OCH3 is 1. The van der Waals surface area contributed by atoms with Crippen molar-refractivity contribution in [3.8, 4) is 5.75 Å². The van der Waals surface area contributed by atoms with Crippen molar-refractivity contribution in [2.24, 2.45) is 5.92 Å². The summed E-state index contributed by atoms with van der Waals surface area (Å²) in [7, 11) is 1.62. The molecule has 0 spiro atoms. The Morgan fingerprint density at radius 1 is 1.29 bits per heavy atom. The van der Waals surface area contributed by atoms with Crippen molar-refractivity contribution < 1.29 is 13.9 Å². The molecule has 1 fully saturated rings. The standard InChI is InChI=1S/C18H20FN3O2/c1-24-15-7-5-13(6-8-15)17-16(11-21-22-17)18(23)20-10-12-3-2-4-14(19)9-12/h2-9,16-17,21-22H,10-11H2,1H3,(H,20,23). The summed E-state index contributed by atoms with van der Waals surface area (Å²) in [6, 6.07) is 13.7. The number of hydrogen-bond acceptors (Lipinski definition) is 4. The van der Waals surface area contributed by atoms with Gasteiger partial charge in [-0.25, -0.2) is 9.82 Å². The zero-order valence-corrected chi connectivity index (χ0v) is 13.4. The van der Waals surface area contributed by atoms with E-state index in [2.05, 4.69) is 16.2 Å². The van der Waals surface area contributed by atoms with E-state index in [1.54, 1.807) is 19.2 Å². The molecule has 5 nitrogen and oxygen atoms in total. The van der Waals surface area contributed by atoms with E-state index >= 15 is 0 Å². The van der Waals surface area contributed by atoms with Crippen LogP contribution in [0.5, 0.6) is 5.75 Å². The van der Waals surface area contributed by atoms with Crippen LogP contribution in [0.25, 0.3) is 0 Å². The molecule has 0 saturated carbocycles. The molecule has 0 aliphatic carbocycles. The monoisotopic (exact) mass is 329 g/mol. The molecule has 2 aromatic carbocycles. The van der Waals surface area contributed by atoms with Gasteiger partial charge in [-0.05, 0) is 35.4 Å². The Hall–Kier alpha value is -2.44. The van der Waals surface area contributed by atoms with Gasteiger partial charge in [0.1, 0.15) is 11.6 Å². The second kappa shape index (κ2) is 7.42. The number of carbonyl (C=O) groups is 1. The van der Waals surface area contributed by atoms with E-state index < -0.39 is 0 Å². The number of ether oxygens (including phenoxy) is 1. The second-order valence-electron chi connectivity index (χ2n) is 5.73. The van der Waals surface area contributed by atoms with Gasteiger partial charge in [-0.2, -0.15) is 0 Å². The van der Waals surface area contributed by atoms with Crippen molar-refractivity contribution in [2.75, 3.05) is 13.7 Å². The highest BCUT2D eigenvalue weighted by atomic mass is 19.1. The lowest BCUT2D eigenvalue weighted by Gasteiger charge is -2.18. The van der Waals surface area contributed by atoms with Crippen molar-refractivity contribution in [3.63, 3.8) is 0 Å². The Bertz CT molecular complexity index is 706. The van der Waals surface area contributed by atoms with Crippen LogP contribution in [0, 0.1) is 11.7 Å². The minimum absolute atomic E-state index is 0.0717. The Labute approximate surface area is 140 Å². The number of rotatable bonds is 5. The third kappa shape index (κ3) is 3.72. The smallest absolute Gasteiger partial charge is 0.226 e. The van der Waals surface area contributed by atoms with Crippen LogP contribution in [-0.2, 0) is 11.3 Å². The quantitative estimate of drug-likeness (QED) is 0.784. The van der Waals surface area contributed by atoms with Gasteiger partial charge in [0.2, 0.25) is 5.91 Å². The summed E-state index contributed by atoms with van der Waals surface area (Å²) >= 11 is 0. The van der Waals surface area contributed by atoms with E-state index in [1.165, 1.54) is 12.1 Å². The molecular formula is C18H20FN3O2. The summed E-state index contributed by atoms with van der Waals surface area (Å²) in [6.45, 7) is 0.841. The Morgan fingerprint density at radius 3 is 2.79 bits per heavy atom. The van der Waals surface area contributed by atoms with Crippen LogP contribution < -0.4 is 20.9 Å². The van der Waals surface area contributed by atoms with Gasteiger partial charge < -0.3 is 10.1 Å². The lowest BCUT2D eigenvalue weighted by Crippen LogP contribution is -2.34. The highest BCUT2D eigenvalue weighted by Crippen LogP contribution is 2.26. The van der Waals surface area contributed by atoms with Crippen molar-refractivity contribution >= 4 is 5.91 Å². The van der Waals surface area contributed by atoms with Crippen molar-refractivity contribution in [2.45, 2.75) is 12.6 Å². The van der Waals surface area contributed by atoms with E-state index in [0.29, 0.717) is 13.1 Å². The van der Waals surface area contributed by atoms with Crippen LogP contribution in [0.1, 0.15) is 17.2 Å². The van der Waals surface area contributed by atoms with Crippen LogP contribution in [0.15, 0.2) is 48.5 Å². The molecule has 3 N–H and O–H groups in total. The fourth-order valence-electron chi connectivity index (χ4n) is 2.84. The van der Waals surface area contributed by atoms with Crippen LogP contribution in [0.3, 0.4) is 0 Å². The van der Waals surface area contributed by atoms with Gasteiger partial charge in [-0.1, -0.05) is 24.3 Å². The molecule has 0 radical (unpaired) electrons. The molecule has 126 valence electrons. The van der Waals surface area contributed by atoms with Crippen molar-refractivity contribution in [1.29, 1.82) is 0 Å². The summed E-state index contributed by atoms with van der Waals surface area (Å²) in [5.74, 6) is 0.156. The Balaban J connectivity index is 1.64. The number of nitrogens with one attached hydrogen (secondary N) is 3. The molecule has 1 amide bonds. The van der Waals surface area contributed by atoms with E-state index in [0.717, 1.165) is 16.9 Å². The van der Waals surface area contributed by atoms with Crippen LogP contribution in [0.4, 0.5) is 4.39 Å². The zero-order chi connectivity index (χ0) is 16.9. The first kappa shape index (κ1) is 16.4. The molecule has 1 aliphatic heterocycles. The first-order valence-corrected chi connectivity index (χ1v) is 7.82. The predicted octanol–water partition coefficient (Wildman–Crippen LogP) is 1.92. The zero-order valence-electron chi connectivity index (χ0n) is 13.4. The van der Waals surface area contributed by atoms with Crippen LogP contribution >= 0.6 is 0 Å². The van der Waals surface area contributed by atoms with Crippen molar-refractivity contribution in [1.82, 2.24) is 16.2 Å². The highest BCUT2D eigenvalue weighted by molar-refractivity contribution is 5.80. The molecular weight excluding hydrogens is 309 g/mol. The number of amides is 1. The Kier molecular flexibility index (Phi) is 5.08. The lowest BCUT2D eigenvalue weighted by atomic mass is 9.94. The summed E-state index contributed by atoms with van der Waals surface area (Å²) < 4.78 is 18.4. The molecule has 3 rings (SSSR count). The Morgan fingerprint density at radius 2 is 2.08 bits per heavy atom. The lowest BCUT2D eigenvalue weighted by molar-refractivity contribution is -0.125. The molecule has 2 atom stereocenters. The van der Waals surface area contributed by atoms with E-state index in [1.807, 2.05) is 24.3 Å². The molecule has 24 heavy (non-hydrogen) atoms. The normalized spacial score (nSPS) is 19.9. The molecule has 1 saturated heterocycles. The van der Waals surface area contributed by atoms with Crippen LogP contribution in [-0.4, -0.2) is 19.6 Å². The van der Waals surface area contributed by atoms with E-state index in [-0.39, 0.29) is 23.7 Å². The summed E-state index contributed by atoms with van der Waals surface area (Å²) in [4.78, 5) is 12.5. The molecule has 1 aliphatic rings. The van der Waals surface area contributed by atoms with Crippen molar-refractivity contribution in [3.05, 3.63) is 65.5 Å². The minimum atomic E-state index is -0.304. The van der Waals surface area contributed by atoms with Gasteiger partial charge in [0.25, 0.3) is 0 Å². The number of halogens is 1. The van der Waals surface area contributed by atoms with Gasteiger partial charge >= 0.3 is 0 Å². The first-order valence-electron chi connectivity index (χ1n) is 7.82. The summed E-state index contributed by atoms with van der Waals surface area (Å²) in [5, 5.41) is 2.88. The minimum Gasteiger partial charge on any atom is -0.497 e. The first-order chi connectivity index (χ1) is 11.7. The number of hydrogen-bond donors (Lipinski definition) is 3. The van der Waals surface area contributed by atoms with E-state index in [4.69, 9.17) is 4.74 Å². The fourth-order valence-corrected chi connectivity index (χ4v) is 2.84. The predicted molar refractivity (Wildman–Crippen MR) is 88.6 cm³/mol. The molecule has 2 aromatic rings. The molecule has 0 aromatic heterocycles. The van der Waals surface area contributed by atoms with Gasteiger partial charge in [0.15, 0.2) is 0 Å². The largest absolute Gasteiger partial charge is 0.497 e. The summed E-state index contributed by atoms with van der Waals surface area (Å²) in [5.41, 5.74) is 7.92. The van der Waals surface area contributed by atoms with Gasteiger partial charge in [-0.3, -0.25) is 10.2 Å². The van der Waals surface area contributed by atoms with Gasteiger partial charge in [0, 0.05) is 13.1 Å². The second-order valence-corrected chi connectivity index (χ2v) is 5.73. The number of carbonyl (C=O) groups excluding carboxylic acids is 1. The average molecular weight is 329 g/mol. The topological polar surface area (TPSA) is 62.4 Å². The third-order valence-electron chi connectivity index (χ3n) is 4.15. The van der Waals surface area contributed by atoms with Crippen LogP contribution in [0.2, 0.25) is 0 Å². The number of benzene rings is 2. The van der Waals surface area contributed by atoms with Gasteiger partial charge in [0.05, 0.1) is 19.1 Å². The maximum Gasteiger partial charge on any atom is 0.226 e. The highest BCUT2D eigenvalue weighted by Gasteiger charge is 2.33. The summed E-state index contributed by atoms with van der Waals surface area (Å²) in [6.07, 6.45) is 0. The molecule has 1 heterocycles. The number of hydrazine groups is 1.